The van der Waals surface area contributed by atoms with Crippen LogP contribution in [0.4, 0.5) is 11.4 Å². The molecule has 0 radical (unpaired) electrons. The van der Waals surface area contributed by atoms with E-state index in [9.17, 15) is 13.2 Å². The molecule has 0 saturated carbocycles. The third kappa shape index (κ3) is 5.20. The second kappa shape index (κ2) is 9.67. The first-order chi connectivity index (χ1) is 15.9. The Bertz CT molecular complexity index is 1240. The van der Waals surface area contributed by atoms with Crippen LogP contribution in [0.2, 0.25) is 0 Å². The van der Waals surface area contributed by atoms with E-state index in [1.165, 1.54) is 4.31 Å². The summed E-state index contributed by atoms with van der Waals surface area (Å²) in [6.07, 6.45) is 1.73. The Morgan fingerprint density at radius 1 is 1.03 bits per heavy atom. The van der Waals surface area contributed by atoms with E-state index in [1.54, 1.807) is 36.4 Å². The first kappa shape index (κ1) is 22.9. The molecule has 0 atom stereocenters. The maximum absolute atomic E-state index is 13.2. The Morgan fingerprint density at radius 2 is 1.76 bits per heavy atom. The van der Waals surface area contributed by atoms with E-state index in [4.69, 9.17) is 4.74 Å². The fraction of sp³-hybridized carbons (Fsp3) is 0.269. The van der Waals surface area contributed by atoms with E-state index >= 15 is 0 Å². The van der Waals surface area contributed by atoms with Crippen molar-refractivity contribution in [3.05, 3.63) is 83.4 Å². The number of nitrogens with one attached hydrogen (secondary N) is 1. The van der Waals surface area contributed by atoms with Gasteiger partial charge in [-0.1, -0.05) is 29.8 Å². The molecule has 1 N–H and O–H groups in total. The number of sulfonamides is 1. The minimum atomic E-state index is -3.64. The predicted octanol–water partition coefficient (Wildman–Crippen LogP) is 4.72. The van der Waals surface area contributed by atoms with E-state index < -0.39 is 10.0 Å². The normalized spacial score (nSPS) is 13.3. The van der Waals surface area contributed by atoms with Crippen molar-refractivity contribution in [2.24, 2.45) is 0 Å². The van der Waals surface area contributed by atoms with Gasteiger partial charge in [0.15, 0.2) is 0 Å². The molecular weight excluding hydrogens is 436 g/mol. The second-order valence-corrected chi connectivity index (χ2v) is 10.0. The van der Waals surface area contributed by atoms with Gasteiger partial charge in [0.1, 0.15) is 5.75 Å². The van der Waals surface area contributed by atoms with Crippen LogP contribution in [-0.2, 0) is 27.7 Å². The van der Waals surface area contributed by atoms with Crippen LogP contribution in [0, 0.1) is 6.92 Å². The molecule has 1 amide bonds. The lowest BCUT2D eigenvalue weighted by Gasteiger charge is -2.31. The quantitative estimate of drug-likeness (QED) is 0.549. The van der Waals surface area contributed by atoms with Gasteiger partial charge < -0.3 is 10.1 Å². The zero-order valence-electron chi connectivity index (χ0n) is 18.9. The van der Waals surface area contributed by atoms with Gasteiger partial charge in [-0.3, -0.25) is 9.10 Å². The average Bonchev–Trinajstić information content (AvgIpc) is 2.80. The van der Waals surface area contributed by atoms with Crippen molar-refractivity contribution in [2.45, 2.75) is 38.0 Å². The van der Waals surface area contributed by atoms with Gasteiger partial charge in [0.2, 0.25) is 5.91 Å². The smallest absolute Gasteiger partial charge is 0.264 e. The number of anilines is 2. The van der Waals surface area contributed by atoms with Crippen molar-refractivity contribution in [1.82, 2.24) is 0 Å². The summed E-state index contributed by atoms with van der Waals surface area (Å²) in [6, 6.07) is 19.8. The topological polar surface area (TPSA) is 75.7 Å². The van der Waals surface area contributed by atoms with Crippen LogP contribution >= 0.6 is 0 Å². The van der Waals surface area contributed by atoms with Gasteiger partial charge in [-0.05, 0) is 80.3 Å². The molecule has 0 saturated heterocycles. The molecule has 0 aromatic heterocycles. The first-order valence-corrected chi connectivity index (χ1v) is 12.5. The molecule has 3 aromatic rings. The molecule has 0 unspecified atom stereocenters. The summed E-state index contributed by atoms with van der Waals surface area (Å²) in [5.74, 6) is 0.653. The molecule has 0 fully saturated rings. The van der Waals surface area contributed by atoms with Crippen LogP contribution in [0.25, 0.3) is 0 Å². The lowest BCUT2D eigenvalue weighted by molar-refractivity contribution is -0.115. The van der Waals surface area contributed by atoms with Crippen molar-refractivity contribution in [1.29, 1.82) is 0 Å². The SMILES string of the molecule is CCOc1ccc(CC(=O)Nc2ccc3c(c2)CCCN3S(=O)(=O)c2ccc(C)cc2)cc1. The third-order valence-electron chi connectivity index (χ3n) is 5.65. The van der Waals surface area contributed by atoms with Crippen LogP contribution in [0.15, 0.2) is 71.6 Å². The van der Waals surface area contributed by atoms with Crippen LogP contribution in [-0.4, -0.2) is 27.5 Å². The van der Waals surface area contributed by atoms with Gasteiger partial charge in [0.25, 0.3) is 10.0 Å². The lowest BCUT2D eigenvalue weighted by Crippen LogP contribution is -2.35. The van der Waals surface area contributed by atoms with E-state index in [2.05, 4.69) is 5.32 Å². The Morgan fingerprint density at radius 3 is 2.45 bits per heavy atom. The van der Waals surface area contributed by atoms with Gasteiger partial charge in [-0.2, -0.15) is 0 Å². The molecule has 1 aliphatic heterocycles. The third-order valence-corrected chi connectivity index (χ3v) is 7.47. The van der Waals surface area contributed by atoms with E-state index in [0.29, 0.717) is 24.5 Å². The fourth-order valence-corrected chi connectivity index (χ4v) is 5.53. The van der Waals surface area contributed by atoms with Crippen molar-refractivity contribution in [2.75, 3.05) is 22.8 Å². The number of carbonyl (C=O) groups is 1. The summed E-state index contributed by atoms with van der Waals surface area (Å²) in [4.78, 5) is 12.8. The Kier molecular flexibility index (Phi) is 6.70. The van der Waals surface area contributed by atoms with Gasteiger partial charge in [-0.25, -0.2) is 8.42 Å². The Labute approximate surface area is 195 Å². The second-order valence-electron chi connectivity index (χ2n) is 8.14. The number of aryl methyl sites for hydroxylation is 2. The largest absolute Gasteiger partial charge is 0.494 e. The molecule has 7 heteroatoms. The summed E-state index contributed by atoms with van der Waals surface area (Å²) in [5, 5.41) is 2.93. The van der Waals surface area contributed by atoms with E-state index in [-0.39, 0.29) is 17.2 Å². The minimum absolute atomic E-state index is 0.126. The predicted molar refractivity (Wildman–Crippen MR) is 130 cm³/mol. The molecule has 1 aliphatic rings. The monoisotopic (exact) mass is 464 g/mol. The van der Waals surface area contributed by atoms with Crippen molar-refractivity contribution in [3.8, 4) is 5.75 Å². The van der Waals surface area contributed by atoms with Gasteiger partial charge in [0.05, 0.1) is 23.6 Å². The van der Waals surface area contributed by atoms with Crippen LogP contribution in [0.1, 0.15) is 30.0 Å². The number of hydrogen-bond donors (Lipinski definition) is 1. The van der Waals surface area contributed by atoms with Crippen molar-refractivity contribution >= 4 is 27.3 Å². The summed E-state index contributed by atoms with van der Waals surface area (Å²) in [7, 11) is -3.64. The molecule has 0 aliphatic carbocycles. The molecular formula is C26H28N2O4S. The van der Waals surface area contributed by atoms with Gasteiger partial charge >= 0.3 is 0 Å². The summed E-state index contributed by atoms with van der Waals surface area (Å²) in [6.45, 7) is 4.89. The molecule has 172 valence electrons. The Hall–Kier alpha value is -3.32. The molecule has 1 heterocycles. The minimum Gasteiger partial charge on any atom is -0.494 e. The van der Waals surface area contributed by atoms with Crippen LogP contribution in [0.3, 0.4) is 0 Å². The van der Waals surface area contributed by atoms with Crippen molar-refractivity contribution < 1.29 is 17.9 Å². The molecule has 4 rings (SSSR count). The number of hydrogen-bond acceptors (Lipinski definition) is 4. The molecule has 33 heavy (non-hydrogen) atoms. The maximum atomic E-state index is 13.2. The number of ether oxygens (including phenoxy) is 1. The number of rotatable bonds is 7. The summed E-state index contributed by atoms with van der Waals surface area (Å²) < 4.78 is 33.4. The van der Waals surface area contributed by atoms with Crippen LogP contribution < -0.4 is 14.4 Å². The highest BCUT2D eigenvalue weighted by molar-refractivity contribution is 7.92. The standard InChI is InChI=1S/C26H28N2O4S/c1-3-32-23-11-8-20(9-12-23)17-26(29)27-22-10-15-25-21(18-22)5-4-16-28(25)33(30,31)24-13-6-19(2)7-14-24/h6-15,18H,3-5,16-17H2,1-2H3,(H,27,29). The molecule has 3 aromatic carbocycles. The fourth-order valence-electron chi connectivity index (χ4n) is 3.99. The summed E-state index contributed by atoms with van der Waals surface area (Å²) in [5.41, 5.74) is 4.16. The number of benzene rings is 3. The highest BCUT2D eigenvalue weighted by Crippen LogP contribution is 2.34. The van der Waals surface area contributed by atoms with Crippen molar-refractivity contribution in [3.63, 3.8) is 0 Å². The van der Waals surface area contributed by atoms with Crippen LogP contribution in [0.5, 0.6) is 5.75 Å². The number of amides is 1. The molecule has 0 spiro atoms. The van der Waals surface area contributed by atoms with Gasteiger partial charge in [-0.15, -0.1) is 0 Å². The Balaban J connectivity index is 1.48. The summed E-state index contributed by atoms with van der Waals surface area (Å²) >= 11 is 0. The zero-order chi connectivity index (χ0) is 23.4. The van der Waals surface area contributed by atoms with E-state index in [1.807, 2.05) is 44.2 Å². The zero-order valence-corrected chi connectivity index (χ0v) is 19.7. The molecule has 6 nitrogen and oxygen atoms in total. The highest BCUT2D eigenvalue weighted by Gasteiger charge is 2.29. The molecule has 0 bridgehead atoms. The lowest BCUT2D eigenvalue weighted by atomic mass is 10.0. The average molecular weight is 465 g/mol. The van der Waals surface area contributed by atoms with Gasteiger partial charge in [0, 0.05) is 12.2 Å². The number of fused-ring (bicyclic) bond motifs is 1. The number of carbonyl (C=O) groups excluding carboxylic acids is 1. The number of nitrogens with zero attached hydrogens (tertiary/aromatic N) is 1. The van der Waals surface area contributed by atoms with E-state index in [0.717, 1.165) is 35.3 Å². The maximum Gasteiger partial charge on any atom is 0.264 e. The first-order valence-electron chi connectivity index (χ1n) is 11.1. The highest BCUT2D eigenvalue weighted by atomic mass is 32.2.